The number of imide groups is 1. The zero-order chi connectivity index (χ0) is 16.4. The van der Waals surface area contributed by atoms with Crippen molar-refractivity contribution in [2.45, 2.75) is 0 Å². The molecular formula is C15H12N4O4. The quantitative estimate of drug-likeness (QED) is 0.768. The SMILES string of the molecule is O=C(NCCO)c1ccc(N2C(=O)c3cncnc3C2=O)cc1. The summed E-state index contributed by atoms with van der Waals surface area (Å²) in [6, 6.07) is 6.00. The van der Waals surface area contributed by atoms with Crippen molar-refractivity contribution in [3.05, 3.63) is 53.6 Å². The molecule has 1 aliphatic rings. The van der Waals surface area contributed by atoms with Gasteiger partial charge in [0.1, 0.15) is 12.0 Å². The van der Waals surface area contributed by atoms with Crippen molar-refractivity contribution in [2.24, 2.45) is 0 Å². The van der Waals surface area contributed by atoms with Gasteiger partial charge in [-0.3, -0.25) is 14.4 Å². The number of nitrogens with one attached hydrogen (secondary N) is 1. The molecule has 23 heavy (non-hydrogen) atoms. The largest absolute Gasteiger partial charge is 0.395 e. The molecule has 8 heteroatoms. The van der Waals surface area contributed by atoms with Crippen molar-refractivity contribution in [1.82, 2.24) is 15.3 Å². The number of hydrogen-bond donors (Lipinski definition) is 2. The van der Waals surface area contributed by atoms with Gasteiger partial charge in [-0.2, -0.15) is 0 Å². The number of rotatable bonds is 4. The highest BCUT2D eigenvalue weighted by molar-refractivity contribution is 6.33. The number of anilines is 1. The summed E-state index contributed by atoms with van der Waals surface area (Å²) in [7, 11) is 0. The van der Waals surface area contributed by atoms with Crippen LogP contribution >= 0.6 is 0 Å². The average molecular weight is 312 g/mol. The van der Waals surface area contributed by atoms with Gasteiger partial charge in [-0.1, -0.05) is 0 Å². The van der Waals surface area contributed by atoms with Crippen LogP contribution in [0.25, 0.3) is 0 Å². The Morgan fingerprint density at radius 2 is 1.91 bits per heavy atom. The standard InChI is InChI=1S/C15H12N4O4/c20-6-5-17-13(21)9-1-3-10(4-2-9)19-14(22)11-7-16-8-18-12(11)15(19)23/h1-4,7-8,20H,5-6H2,(H,17,21). The molecule has 1 aliphatic heterocycles. The fourth-order valence-electron chi connectivity index (χ4n) is 2.24. The van der Waals surface area contributed by atoms with E-state index in [-0.39, 0.29) is 30.3 Å². The third-order valence-electron chi connectivity index (χ3n) is 3.34. The van der Waals surface area contributed by atoms with E-state index in [4.69, 9.17) is 5.11 Å². The number of fused-ring (bicyclic) bond motifs is 1. The number of nitrogens with zero attached hydrogens (tertiary/aromatic N) is 3. The molecule has 1 aromatic heterocycles. The predicted octanol–water partition coefficient (Wildman–Crippen LogP) is -0.000700. The van der Waals surface area contributed by atoms with Crippen LogP contribution in [-0.4, -0.2) is 45.9 Å². The monoisotopic (exact) mass is 312 g/mol. The molecule has 0 bridgehead atoms. The number of carbonyl (C=O) groups excluding carboxylic acids is 3. The predicted molar refractivity (Wildman–Crippen MR) is 79.0 cm³/mol. The maximum Gasteiger partial charge on any atom is 0.284 e. The van der Waals surface area contributed by atoms with Crippen molar-refractivity contribution in [2.75, 3.05) is 18.1 Å². The van der Waals surface area contributed by atoms with Gasteiger partial charge in [0.15, 0.2) is 0 Å². The Kier molecular flexibility index (Phi) is 3.82. The number of aliphatic hydroxyl groups is 1. The molecule has 0 fully saturated rings. The lowest BCUT2D eigenvalue weighted by Crippen LogP contribution is -2.30. The van der Waals surface area contributed by atoms with Gasteiger partial charge in [-0.25, -0.2) is 14.9 Å². The van der Waals surface area contributed by atoms with Gasteiger partial charge in [0.2, 0.25) is 0 Å². The van der Waals surface area contributed by atoms with Crippen molar-refractivity contribution in [3.63, 3.8) is 0 Å². The number of aliphatic hydroxyl groups excluding tert-OH is 1. The van der Waals surface area contributed by atoms with Crippen LogP contribution < -0.4 is 10.2 Å². The summed E-state index contributed by atoms with van der Waals surface area (Å²) >= 11 is 0. The van der Waals surface area contributed by atoms with Crippen molar-refractivity contribution >= 4 is 23.4 Å². The van der Waals surface area contributed by atoms with Gasteiger partial charge in [-0.05, 0) is 24.3 Å². The maximum absolute atomic E-state index is 12.3. The van der Waals surface area contributed by atoms with Gasteiger partial charge in [0.05, 0.1) is 17.9 Å². The van der Waals surface area contributed by atoms with E-state index in [0.29, 0.717) is 11.3 Å². The lowest BCUT2D eigenvalue weighted by atomic mass is 10.2. The Hall–Kier alpha value is -3.13. The summed E-state index contributed by atoms with van der Waals surface area (Å²) in [5, 5.41) is 11.2. The maximum atomic E-state index is 12.3. The fraction of sp³-hybridized carbons (Fsp3) is 0.133. The second-order valence-electron chi connectivity index (χ2n) is 4.76. The number of aromatic nitrogens is 2. The Balaban J connectivity index is 1.85. The normalized spacial score (nSPS) is 13.2. The summed E-state index contributed by atoms with van der Waals surface area (Å²) < 4.78 is 0. The van der Waals surface area contributed by atoms with Gasteiger partial charge in [0, 0.05) is 18.3 Å². The molecule has 2 heterocycles. The second kappa shape index (κ2) is 5.93. The zero-order valence-electron chi connectivity index (χ0n) is 11.9. The van der Waals surface area contributed by atoms with E-state index >= 15 is 0 Å². The summed E-state index contributed by atoms with van der Waals surface area (Å²) in [5.74, 6) is -1.37. The molecule has 1 aromatic carbocycles. The number of amides is 3. The highest BCUT2D eigenvalue weighted by atomic mass is 16.3. The van der Waals surface area contributed by atoms with E-state index in [1.807, 2.05) is 0 Å². The minimum absolute atomic E-state index is 0.0646. The highest BCUT2D eigenvalue weighted by Gasteiger charge is 2.38. The molecule has 8 nitrogen and oxygen atoms in total. The number of carbonyl (C=O) groups is 3. The van der Waals surface area contributed by atoms with Crippen molar-refractivity contribution < 1.29 is 19.5 Å². The van der Waals surface area contributed by atoms with E-state index in [0.717, 1.165) is 4.90 Å². The lowest BCUT2D eigenvalue weighted by Gasteiger charge is -2.13. The lowest BCUT2D eigenvalue weighted by molar-refractivity contribution is 0.0921. The molecule has 0 spiro atoms. The topological polar surface area (TPSA) is 112 Å². The summed E-state index contributed by atoms with van der Waals surface area (Å²) in [4.78, 5) is 44.9. The molecule has 3 amide bonds. The smallest absolute Gasteiger partial charge is 0.284 e. The molecule has 2 aromatic rings. The first-order valence-corrected chi connectivity index (χ1v) is 6.81. The molecule has 0 radical (unpaired) electrons. The summed E-state index contributed by atoms with van der Waals surface area (Å²) in [6.45, 7) is -0.00242. The van der Waals surface area contributed by atoms with Crippen LogP contribution in [0.15, 0.2) is 36.8 Å². The van der Waals surface area contributed by atoms with E-state index < -0.39 is 11.8 Å². The van der Waals surface area contributed by atoms with Gasteiger partial charge in [0.25, 0.3) is 17.7 Å². The summed E-state index contributed by atoms with van der Waals surface area (Å²) in [6.07, 6.45) is 2.52. The van der Waals surface area contributed by atoms with Gasteiger partial charge >= 0.3 is 0 Å². The van der Waals surface area contributed by atoms with E-state index in [1.165, 1.54) is 36.8 Å². The molecule has 2 N–H and O–H groups in total. The third kappa shape index (κ3) is 2.55. The molecule has 3 rings (SSSR count). The Bertz CT molecular complexity index is 753. The van der Waals surface area contributed by atoms with Crippen LogP contribution in [0.3, 0.4) is 0 Å². The van der Waals surface area contributed by atoms with Crippen LogP contribution in [0.4, 0.5) is 5.69 Å². The Labute approximate surface area is 130 Å². The highest BCUT2D eigenvalue weighted by Crippen LogP contribution is 2.26. The van der Waals surface area contributed by atoms with Crippen molar-refractivity contribution in [1.29, 1.82) is 0 Å². The third-order valence-corrected chi connectivity index (χ3v) is 3.34. The van der Waals surface area contributed by atoms with Crippen LogP contribution in [0.1, 0.15) is 31.2 Å². The number of benzene rings is 1. The Morgan fingerprint density at radius 3 is 2.57 bits per heavy atom. The van der Waals surface area contributed by atoms with Crippen LogP contribution in [0.5, 0.6) is 0 Å². The molecular weight excluding hydrogens is 300 g/mol. The first-order chi connectivity index (χ1) is 11.1. The van der Waals surface area contributed by atoms with E-state index in [1.54, 1.807) is 0 Å². The van der Waals surface area contributed by atoms with Crippen LogP contribution in [-0.2, 0) is 0 Å². The first kappa shape index (κ1) is 14.8. The van der Waals surface area contributed by atoms with Crippen LogP contribution in [0.2, 0.25) is 0 Å². The molecule has 0 atom stereocenters. The Morgan fingerprint density at radius 1 is 1.17 bits per heavy atom. The minimum atomic E-state index is -0.523. The zero-order valence-corrected chi connectivity index (χ0v) is 11.9. The number of hydrogen-bond acceptors (Lipinski definition) is 6. The molecule has 0 saturated heterocycles. The van der Waals surface area contributed by atoms with E-state index in [9.17, 15) is 14.4 Å². The fourth-order valence-corrected chi connectivity index (χ4v) is 2.24. The molecule has 0 saturated carbocycles. The van der Waals surface area contributed by atoms with Crippen molar-refractivity contribution in [3.8, 4) is 0 Å². The van der Waals surface area contributed by atoms with Crippen LogP contribution in [0, 0.1) is 0 Å². The first-order valence-electron chi connectivity index (χ1n) is 6.81. The molecule has 116 valence electrons. The second-order valence-corrected chi connectivity index (χ2v) is 4.76. The van der Waals surface area contributed by atoms with Gasteiger partial charge < -0.3 is 10.4 Å². The van der Waals surface area contributed by atoms with Gasteiger partial charge in [-0.15, -0.1) is 0 Å². The summed E-state index contributed by atoms with van der Waals surface area (Å²) in [5.41, 5.74) is 0.923. The molecule has 0 aliphatic carbocycles. The minimum Gasteiger partial charge on any atom is -0.395 e. The average Bonchev–Trinajstić information content (AvgIpc) is 2.84. The molecule has 0 unspecified atom stereocenters. The van der Waals surface area contributed by atoms with E-state index in [2.05, 4.69) is 15.3 Å².